The van der Waals surface area contributed by atoms with E-state index in [0.29, 0.717) is 38.3 Å². The van der Waals surface area contributed by atoms with Crippen molar-refractivity contribution < 1.29 is 9.59 Å². The number of carbonyl (C=O) groups excluding carboxylic acids is 2. The number of aryl methyl sites for hydroxylation is 1. The molecule has 0 radical (unpaired) electrons. The van der Waals surface area contributed by atoms with E-state index in [-0.39, 0.29) is 11.8 Å². The first-order chi connectivity index (χ1) is 11.7. The van der Waals surface area contributed by atoms with Crippen LogP contribution >= 0.6 is 0 Å². The van der Waals surface area contributed by atoms with E-state index in [1.807, 2.05) is 18.2 Å². The standard InChI is InChI=1S/C18H26N4O2/c1-19-18(20-12-6-9-15-7-3-2-4-8-15)21-13-14-22-16(23)10-5-11-17(22)24/h2-4,7-8H,5-6,9-14H2,1H3,(H2,19,20,21). The zero-order valence-electron chi connectivity index (χ0n) is 14.3. The first kappa shape index (κ1) is 18.0. The number of rotatable bonds is 7. The van der Waals surface area contributed by atoms with Crippen molar-refractivity contribution in [3.05, 3.63) is 35.9 Å². The Morgan fingerprint density at radius 1 is 1.08 bits per heavy atom. The summed E-state index contributed by atoms with van der Waals surface area (Å²) in [4.78, 5) is 29.0. The largest absolute Gasteiger partial charge is 0.356 e. The van der Waals surface area contributed by atoms with Gasteiger partial charge in [-0.25, -0.2) is 0 Å². The number of hydrogen-bond donors (Lipinski definition) is 2. The van der Waals surface area contributed by atoms with Gasteiger partial charge in [-0.05, 0) is 24.8 Å². The van der Waals surface area contributed by atoms with Crippen LogP contribution in [0, 0.1) is 0 Å². The molecular weight excluding hydrogens is 304 g/mol. The molecule has 6 heteroatoms. The molecule has 1 aliphatic heterocycles. The Balaban J connectivity index is 1.63. The van der Waals surface area contributed by atoms with E-state index in [2.05, 4.69) is 27.8 Å². The van der Waals surface area contributed by atoms with E-state index in [9.17, 15) is 9.59 Å². The SMILES string of the molecule is CN=C(NCCCc1ccccc1)NCCN1C(=O)CCCC1=O. The van der Waals surface area contributed by atoms with Crippen LogP contribution in [0.5, 0.6) is 0 Å². The molecule has 6 nitrogen and oxygen atoms in total. The molecule has 0 unspecified atom stereocenters. The quantitative estimate of drug-likeness (QED) is 0.342. The minimum Gasteiger partial charge on any atom is -0.356 e. The Morgan fingerprint density at radius 3 is 2.42 bits per heavy atom. The van der Waals surface area contributed by atoms with Crippen LogP contribution in [0.2, 0.25) is 0 Å². The maximum Gasteiger partial charge on any atom is 0.229 e. The Morgan fingerprint density at radius 2 is 1.75 bits per heavy atom. The fourth-order valence-electron chi connectivity index (χ4n) is 2.70. The highest BCUT2D eigenvalue weighted by atomic mass is 16.2. The zero-order valence-corrected chi connectivity index (χ0v) is 14.3. The number of benzene rings is 1. The summed E-state index contributed by atoms with van der Waals surface area (Å²) in [5.41, 5.74) is 1.32. The van der Waals surface area contributed by atoms with E-state index >= 15 is 0 Å². The van der Waals surface area contributed by atoms with Crippen molar-refractivity contribution in [1.29, 1.82) is 0 Å². The van der Waals surface area contributed by atoms with Gasteiger partial charge in [-0.1, -0.05) is 30.3 Å². The summed E-state index contributed by atoms with van der Waals surface area (Å²) < 4.78 is 0. The zero-order chi connectivity index (χ0) is 17.2. The van der Waals surface area contributed by atoms with Gasteiger partial charge in [0.25, 0.3) is 0 Å². The maximum atomic E-state index is 11.7. The highest BCUT2D eigenvalue weighted by molar-refractivity contribution is 5.97. The van der Waals surface area contributed by atoms with Crippen LogP contribution in [-0.4, -0.2) is 49.4 Å². The molecule has 1 fully saturated rings. The van der Waals surface area contributed by atoms with Gasteiger partial charge in [0.15, 0.2) is 5.96 Å². The van der Waals surface area contributed by atoms with Crippen molar-refractivity contribution in [2.24, 2.45) is 4.99 Å². The topological polar surface area (TPSA) is 73.8 Å². The summed E-state index contributed by atoms with van der Waals surface area (Å²) in [5.74, 6) is 0.553. The monoisotopic (exact) mass is 330 g/mol. The van der Waals surface area contributed by atoms with Gasteiger partial charge in [-0.2, -0.15) is 0 Å². The van der Waals surface area contributed by atoms with Gasteiger partial charge in [0.05, 0.1) is 0 Å². The first-order valence-electron chi connectivity index (χ1n) is 8.52. The molecule has 1 aromatic carbocycles. The normalized spacial score (nSPS) is 15.5. The maximum absolute atomic E-state index is 11.7. The number of aliphatic imine (C=N–C) groups is 1. The van der Waals surface area contributed by atoms with Crippen LogP contribution in [0.15, 0.2) is 35.3 Å². The average molecular weight is 330 g/mol. The molecule has 0 bridgehead atoms. The molecule has 24 heavy (non-hydrogen) atoms. The van der Waals surface area contributed by atoms with Crippen LogP contribution in [0.3, 0.4) is 0 Å². The number of amides is 2. The number of likely N-dealkylation sites (tertiary alicyclic amines) is 1. The van der Waals surface area contributed by atoms with Gasteiger partial charge >= 0.3 is 0 Å². The summed E-state index contributed by atoms with van der Waals surface area (Å²) >= 11 is 0. The Hall–Kier alpha value is -2.37. The molecule has 130 valence electrons. The molecule has 1 heterocycles. The van der Waals surface area contributed by atoms with Crippen LogP contribution in [0.4, 0.5) is 0 Å². The molecule has 2 amide bonds. The summed E-state index contributed by atoms with van der Waals surface area (Å²) in [7, 11) is 1.71. The van der Waals surface area contributed by atoms with Gasteiger partial charge in [-0.15, -0.1) is 0 Å². The van der Waals surface area contributed by atoms with Gasteiger partial charge in [0.2, 0.25) is 11.8 Å². The lowest BCUT2D eigenvalue weighted by atomic mass is 10.1. The van der Waals surface area contributed by atoms with Gasteiger partial charge in [0, 0.05) is 39.5 Å². The van der Waals surface area contributed by atoms with Crippen LogP contribution in [0.1, 0.15) is 31.2 Å². The van der Waals surface area contributed by atoms with E-state index in [0.717, 1.165) is 19.4 Å². The number of nitrogens with one attached hydrogen (secondary N) is 2. The fraction of sp³-hybridized carbons (Fsp3) is 0.500. The molecule has 0 aliphatic carbocycles. The number of carbonyl (C=O) groups is 2. The molecule has 1 aromatic rings. The second-order valence-electron chi connectivity index (χ2n) is 5.81. The summed E-state index contributed by atoms with van der Waals surface area (Å²) in [6.07, 6.45) is 3.64. The predicted molar refractivity (Wildman–Crippen MR) is 94.7 cm³/mol. The van der Waals surface area contributed by atoms with Gasteiger partial charge in [-0.3, -0.25) is 19.5 Å². The number of guanidine groups is 1. The number of hydrogen-bond acceptors (Lipinski definition) is 3. The molecule has 1 aliphatic rings. The average Bonchev–Trinajstić information content (AvgIpc) is 2.60. The van der Waals surface area contributed by atoms with Crippen LogP contribution in [0.25, 0.3) is 0 Å². The lowest BCUT2D eigenvalue weighted by molar-refractivity contribution is -0.147. The van der Waals surface area contributed by atoms with Crippen LogP contribution in [-0.2, 0) is 16.0 Å². The molecule has 0 aromatic heterocycles. The second kappa shape index (κ2) is 9.70. The first-order valence-corrected chi connectivity index (χ1v) is 8.52. The molecule has 0 atom stereocenters. The fourth-order valence-corrected chi connectivity index (χ4v) is 2.70. The number of imide groups is 1. The van der Waals surface area contributed by atoms with Crippen LogP contribution < -0.4 is 10.6 Å². The second-order valence-corrected chi connectivity index (χ2v) is 5.81. The van der Waals surface area contributed by atoms with Crippen molar-refractivity contribution in [1.82, 2.24) is 15.5 Å². The third-order valence-electron chi connectivity index (χ3n) is 4.01. The Labute approximate surface area is 143 Å². The van der Waals surface area contributed by atoms with Gasteiger partial charge in [0.1, 0.15) is 0 Å². The smallest absolute Gasteiger partial charge is 0.229 e. The van der Waals surface area contributed by atoms with Crippen molar-refractivity contribution in [3.63, 3.8) is 0 Å². The van der Waals surface area contributed by atoms with Crippen molar-refractivity contribution in [2.75, 3.05) is 26.7 Å². The molecule has 1 saturated heterocycles. The minimum atomic E-state index is -0.0705. The highest BCUT2D eigenvalue weighted by Gasteiger charge is 2.25. The van der Waals surface area contributed by atoms with E-state index in [1.165, 1.54) is 10.5 Å². The molecular formula is C18H26N4O2. The summed E-state index contributed by atoms with van der Waals surface area (Å²) in [5, 5.41) is 6.40. The predicted octanol–water partition coefficient (Wildman–Crippen LogP) is 1.32. The number of nitrogens with zero attached hydrogens (tertiary/aromatic N) is 2. The Kier molecular flexibility index (Phi) is 7.26. The Bertz CT molecular complexity index is 556. The molecule has 0 saturated carbocycles. The van der Waals surface area contributed by atoms with E-state index in [4.69, 9.17) is 0 Å². The van der Waals surface area contributed by atoms with E-state index in [1.54, 1.807) is 7.05 Å². The molecule has 2 rings (SSSR count). The molecule has 0 spiro atoms. The van der Waals surface area contributed by atoms with Crippen molar-refractivity contribution >= 4 is 17.8 Å². The third-order valence-corrected chi connectivity index (χ3v) is 4.01. The lowest BCUT2D eigenvalue weighted by Gasteiger charge is -2.25. The third kappa shape index (κ3) is 5.68. The minimum absolute atomic E-state index is 0.0705. The summed E-state index contributed by atoms with van der Waals surface area (Å²) in [6.45, 7) is 1.72. The van der Waals surface area contributed by atoms with Crippen molar-refractivity contribution in [2.45, 2.75) is 32.1 Å². The lowest BCUT2D eigenvalue weighted by Crippen LogP contribution is -2.46. The molecule has 2 N–H and O–H groups in total. The number of piperidine rings is 1. The van der Waals surface area contributed by atoms with E-state index < -0.39 is 0 Å². The van der Waals surface area contributed by atoms with Crippen molar-refractivity contribution in [3.8, 4) is 0 Å². The highest BCUT2D eigenvalue weighted by Crippen LogP contribution is 2.11. The van der Waals surface area contributed by atoms with Gasteiger partial charge < -0.3 is 10.6 Å². The summed E-state index contributed by atoms with van der Waals surface area (Å²) in [6, 6.07) is 10.4.